The number of nitrogens with one attached hydrogen (secondary N) is 1. The van der Waals surface area contributed by atoms with Crippen molar-refractivity contribution in [3.63, 3.8) is 0 Å². The molecule has 0 saturated heterocycles. The number of amides is 2. The van der Waals surface area contributed by atoms with E-state index in [0.717, 1.165) is 11.8 Å². The fraction of sp³-hybridized carbons (Fsp3) is 0.542. The molecule has 2 aromatic rings. The number of nitrogens with zero attached hydrogens (tertiary/aromatic N) is 1. The summed E-state index contributed by atoms with van der Waals surface area (Å²) in [5.41, 5.74) is 5.49. The SMILES string of the molecule is C[C@H](C(N)=O)n1ccc2c(NC(=O)CC3C4CC5CC(C4)CC3C5)c(Cl)ccc2c1=O. The average Bonchev–Trinajstić information content (AvgIpc) is 2.72. The number of carbonyl (C=O) groups is 2. The van der Waals surface area contributed by atoms with Crippen LogP contribution >= 0.6 is 11.6 Å². The molecule has 6 nitrogen and oxygen atoms in total. The Labute approximate surface area is 186 Å². The van der Waals surface area contributed by atoms with Gasteiger partial charge in [-0.3, -0.25) is 14.4 Å². The average molecular weight is 442 g/mol. The lowest BCUT2D eigenvalue weighted by Gasteiger charge is -2.54. The van der Waals surface area contributed by atoms with Crippen LogP contribution < -0.4 is 16.6 Å². The van der Waals surface area contributed by atoms with E-state index in [-0.39, 0.29) is 11.5 Å². The predicted octanol–water partition coefficient (Wildman–Crippen LogP) is 4.10. The Bertz CT molecular complexity index is 1100. The fourth-order valence-corrected chi connectivity index (χ4v) is 6.87. The zero-order valence-electron chi connectivity index (χ0n) is 17.6. The second-order valence-electron chi connectivity index (χ2n) is 9.84. The molecule has 164 valence electrons. The van der Waals surface area contributed by atoms with Crippen molar-refractivity contribution >= 4 is 39.9 Å². The minimum absolute atomic E-state index is 0.0402. The van der Waals surface area contributed by atoms with Crippen molar-refractivity contribution in [1.82, 2.24) is 4.57 Å². The first kappa shape index (κ1) is 20.6. The summed E-state index contributed by atoms with van der Waals surface area (Å²) in [6.07, 6.45) is 8.54. The molecule has 3 N–H and O–H groups in total. The number of benzene rings is 1. The molecule has 0 aliphatic heterocycles. The van der Waals surface area contributed by atoms with Gasteiger partial charge in [0.05, 0.1) is 10.7 Å². The molecular formula is C24H28ClN3O3. The van der Waals surface area contributed by atoms with Gasteiger partial charge >= 0.3 is 0 Å². The van der Waals surface area contributed by atoms with Gasteiger partial charge in [0.15, 0.2) is 0 Å². The van der Waals surface area contributed by atoms with E-state index in [1.165, 1.54) is 42.9 Å². The number of hydrogen-bond acceptors (Lipinski definition) is 3. The van der Waals surface area contributed by atoms with Crippen molar-refractivity contribution in [2.45, 2.75) is 51.5 Å². The monoisotopic (exact) mass is 441 g/mol. The van der Waals surface area contributed by atoms with Crippen LogP contribution in [0, 0.1) is 29.6 Å². The van der Waals surface area contributed by atoms with E-state index in [9.17, 15) is 14.4 Å². The molecule has 7 heteroatoms. The topological polar surface area (TPSA) is 94.2 Å². The Morgan fingerprint density at radius 2 is 1.74 bits per heavy atom. The maximum absolute atomic E-state index is 13.0. The van der Waals surface area contributed by atoms with Gasteiger partial charge in [-0.05, 0) is 86.8 Å². The van der Waals surface area contributed by atoms with E-state index in [1.807, 2.05) is 0 Å². The van der Waals surface area contributed by atoms with Gasteiger partial charge in [0.25, 0.3) is 5.56 Å². The van der Waals surface area contributed by atoms with Crippen LogP contribution in [-0.4, -0.2) is 16.4 Å². The highest BCUT2D eigenvalue weighted by Crippen LogP contribution is 2.57. The largest absolute Gasteiger partial charge is 0.368 e. The zero-order valence-corrected chi connectivity index (χ0v) is 18.4. The number of rotatable bonds is 5. The maximum atomic E-state index is 13.0. The van der Waals surface area contributed by atoms with Crippen molar-refractivity contribution in [3.8, 4) is 0 Å². The molecule has 1 aromatic heterocycles. The van der Waals surface area contributed by atoms with Crippen LogP contribution in [0.5, 0.6) is 0 Å². The quantitative estimate of drug-likeness (QED) is 0.731. The summed E-state index contributed by atoms with van der Waals surface area (Å²) in [5, 5.41) is 4.36. The van der Waals surface area contributed by atoms with Crippen molar-refractivity contribution in [2.24, 2.45) is 35.3 Å². The lowest BCUT2D eigenvalue weighted by molar-refractivity contribution is -0.121. The van der Waals surface area contributed by atoms with Crippen LogP contribution in [0.3, 0.4) is 0 Å². The van der Waals surface area contributed by atoms with E-state index >= 15 is 0 Å². The van der Waals surface area contributed by atoms with Crippen molar-refractivity contribution in [2.75, 3.05) is 5.32 Å². The molecule has 6 rings (SSSR count). The van der Waals surface area contributed by atoms with Gasteiger partial charge in [0.2, 0.25) is 11.8 Å². The molecule has 1 aromatic carbocycles. The number of anilines is 1. The van der Waals surface area contributed by atoms with Crippen molar-refractivity contribution in [1.29, 1.82) is 0 Å². The summed E-state index contributed by atoms with van der Waals surface area (Å²) in [6, 6.07) is 4.18. The number of primary amides is 1. The Hall–Kier alpha value is -2.34. The lowest BCUT2D eigenvalue weighted by Crippen LogP contribution is -2.46. The number of halogens is 1. The number of fused-ring (bicyclic) bond motifs is 1. The molecule has 1 atom stereocenters. The number of carbonyl (C=O) groups excluding carboxylic acids is 2. The van der Waals surface area contributed by atoms with Crippen LogP contribution in [-0.2, 0) is 9.59 Å². The predicted molar refractivity (Wildman–Crippen MR) is 121 cm³/mol. The maximum Gasteiger partial charge on any atom is 0.259 e. The zero-order chi connectivity index (χ0) is 21.9. The van der Waals surface area contributed by atoms with E-state index < -0.39 is 11.9 Å². The number of nitrogens with two attached hydrogens (primary N) is 1. The summed E-state index contributed by atoms with van der Waals surface area (Å²) in [7, 11) is 0. The smallest absolute Gasteiger partial charge is 0.259 e. The van der Waals surface area contributed by atoms with Crippen LogP contribution in [0.25, 0.3) is 10.8 Å². The third-order valence-electron chi connectivity index (χ3n) is 8.00. The Kier molecular flexibility index (Phi) is 5.08. The number of pyridine rings is 1. The van der Waals surface area contributed by atoms with E-state index in [0.29, 0.717) is 45.7 Å². The first-order valence-corrected chi connectivity index (χ1v) is 11.6. The normalized spacial score (nSPS) is 29.8. The molecule has 4 aliphatic carbocycles. The highest BCUT2D eigenvalue weighted by Gasteiger charge is 2.48. The van der Waals surface area contributed by atoms with Gasteiger partial charge < -0.3 is 15.6 Å². The van der Waals surface area contributed by atoms with Gasteiger partial charge in [-0.2, -0.15) is 0 Å². The molecular weight excluding hydrogens is 414 g/mol. The summed E-state index contributed by atoms with van der Waals surface area (Å²) < 4.78 is 1.30. The second-order valence-corrected chi connectivity index (χ2v) is 10.2. The van der Waals surface area contributed by atoms with Crippen molar-refractivity contribution in [3.05, 3.63) is 39.8 Å². The molecule has 0 radical (unpaired) electrons. The minimum Gasteiger partial charge on any atom is -0.368 e. The third kappa shape index (κ3) is 3.55. The number of aromatic nitrogens is 1. The fourth-order valence-electron chi connectivity index (χ4n) is 6.66. The number of hydrogen-bond donors (Lipinski definition) is 2. The molecule has 2 amide bonds. The van der Waals surface area contributed by atoms with Crippen LogP contribution in [0.1, 0.15) is 51.5 Å². The van der Waals surface area contributed by atoms with E-state index in [1.54, 1.807) is 25.1 Å². The summed E-state index contributed by atoms with van der Waals surface area (Å²) in [5.74, 6) is 2.93. The highest BCUT2D eigenvalue weighted by molar-refractivity contribution is 6.35. The molecule has 1 heterocycles. The molecule has 4 saturated carbocycles. The van der Waals surface area contributed by atoms with Crippen LogP contribution in [0.4, 0.5) is 5.69 Å². The van der Waals surface area contributed by atoms with Crippen LogP contribution in [0.15, 0.2) is 29.2 Å². The van der Waals surface area contributed by atoms with Gasteiger partial charge in [-0.25, -0.2) is 0 Å². The van der Waals surface area contributed by atoms with E-state index in [2.05, 4.69) is 5.32 Å². The second kappa shape index (κ2) is 7.66. The molecule has 4 aliphatic rings. The Morgan fingerprint density at radius 3 is 2.35 bits per heavy atom. The van der Waals surface area contributed by atoms with Gasteiger partial charge in [-0.15, -0.1) is 0 Å². The van der Waals surface area contributed by atoms with Gasteiger partial charge in [0.1, 0.15) is 6.04 Å². The molecule has 4 fully saturated rings. The lowest BCUT2D eigenvalue weighted by atomic mass is 9.51. The molecule has 31 heavy (non-hydrogen) atoms. The third-order valence-corrected chi connectivity index (χ3v) is 8.31. The molecule has 0 spiro atoms. The van der Waals surface area contributed by atoms with Crippen LogP contribution in [0.2, 0.25) is 5.02 Å². The summed E-state index contributed by atoms with van der Waals surface area (Å²) >= 11 is 6.42. The Morgan fingerprint density at radius 1 is 1.10 bits per heavy atom. The first-order chi connectivity index (χ1) is 14.8. The minimum atomic E-state index is -0.762. The van der Waals surface area contributed by atoms with E-state index in [4.69, 9.17) is 17.3 Å². The highest BCUT2D eigenvalue weighted by atomic mass is 35.5. The summed E-state index contributed by atoms with van der Waals surface area (Å²) in [4.78, 5) is 37.5. The van der Waals surface area contributed by atoms with Gasteiger partial charge in [0, 0.05) is 23.4 Å². The molecule has 4 bridgehead atoms. The standard InChI is InChI=1S/C24H28ClN3O3/c1-12(23(26)30)28-5-4-17-18(24(28)31)2-3-20(25)22(17)27-21(29)11-19-15-7-13-6-14(9-15)10-16(19)8-13/h2-5,12-16,19H,6-11H2,1H3,(H2,26,30)(H,27,29)/t12-,13?,14?,15?,16?,19?/m1/s1. The Balaban J connectivity index is 1.40. The first-order valence-electron chi connectivity index (χ1n) is 11.2. The molecule has 0 unspecified atom stereocenters. The van der Waals surface area contributed by atoms with Crippen molar-refractivity contribution < 1.29 is 9.59 Å². The summed E-state index contributed by atoms with van der Waals surface area (Å²) in [6.45, 7) is 1.58. The van der Waals surface area contributed by atoms with Gasteiger partial charge in [-0.1, -0.05) is 11.6 Å².